The third kappa shape index (κ3) is 2.70. The molecule has 0 spiro atoms. The minimum atomic E-state index is -0.897. The molecule has 0 amide bonds. The van der Waals surface area contributed by atoms with Crippen LogP contribution in [-0.2, 0) is 11.2 Å². The van der Waals surface area contributed by atoms with Gasteiger partial charge in [0.15, 0.2) is 11.5 Å². The molecule has 4 heteroatoms. The van der Waals surface area contributed by atoms with Gasteiger partial charge in [-0.1, -0.05) is 6.07 Å². The summed E-state index contributed by atoms with van der Waals surface area (Å²) in [6.45, 7) is 5.17. The molecule has 0 saturated carbocycles. The number of phenols is 1. The van der Waals surface area contributed by atoms with Crippen molar-refractivity contribution in [3.8, 4) is 11.5 Å². The summed E-state index contributed by atoms with van der Waals surface area (Å²) in [4.78, 5) is 11.1. The quantitative estimate of drug-likeness (QED) is 0.845. The van der Waals surface area contributed by atoms with E-state index >= 15 is 0 Å². The minimum absolute atomic E-state index is 0.0364. The first kappa shape index (κ1) is 13.4. The number of carbonyl (C=O) groups is 1. The topological polar surface area (TPSA) is 66.8 Å². The van der Waals surface area contributed by atoms with Gasteiger partial charge in [-0.3, -0.25) is 4.79 Å². The molecule has 0 fully saturated rings. The fourth-order valence-corrected chi connectivity index (χ4v) is 1.68. The van der Waals surface area contributed by atoms with Crippen molar-refractivity contribution < 1.29 is 19.7 Å². The lowest BCUT2D eigenvalue weighted by molar-refractivity contribution is -0.146. The molecule has 0 atom stereocenters. The van der Waals surface area contributed by atoms with Crippen molar-refractivity contribution >= 4 is 5.97 Å². The fourth-order valence-electron chi connectivity index (χ4n) is 1.68. The fraction of sp³-hybridized carbons (Fsp3) is 0.462. The standard InChI is InChI=1S/C13H18O4/c1-8-5-6-10(14)11(17-4)9(8)7-13(2,3)12(15)16/h5-6,14H,7H2,1-4H3,(H,15,16). The zero-order valence-electron chi connectivity index (χ0n) is 10.6. The summed E-state index contributed by atoms with van der Waals surface area (Å²) >= 11 is 0. The van der Waals surface area contributed by atoms with Crippen molar-refractivity contribution in [2.75, 3.05) is 7.11 Å². The number of methoxy groups -OCH3 is 1. The molecule has 1 rings (SSSR count). The average Bonchev–Trinajstić information content (AvgIpc) is 2.23. The zero-order chi connectivity index (χ0) is 13.2. The van der Waals surface area contributed by atoms with E-state index in [0.717, 1.165) is 11.1 Å². The SMILES string of the molecule is COc1c(O)ccc(C)c1CC(C)(C)C(=O)O. The van der Waals surface area contributed by atoms with E-state index in [1.165, 1.54) is 7.11 Å². The molecule has 0 heterocycles. The summed E-state index contributed by atoms with van der Waals surface area (Å²) in [6.07, 6.45) is 0.311. The van der Waals surface area contributed by atoms with Gasteiger partial charge in [-0.05, 0) is 38.8 Å². The molecule has 0 unspecified atom stereocenters. The number of aryl methyl sites for hydroxylation is 1. The Balaban J connectivity index is 3.22. The highest BCUT2D eigenvalue weighted by molar-refractivity contribution is 5.74. The lowest BCUT2D eigenvalue weighted by atomic mass is 9.84. The molecule has 94 valence electrons. The molecule has 0 radical (unpaired) electrons. The summed E-state index contributed by atoms with van der Waals surface area (Å²) in [5, 5.41) is 18.8. The third-order valence-corrected chi connectivity index (χ3v) is 2.88. The molecule has 0 aromatic heterocycles. The van der Waals surface area contributed by atoms with Crippen LogP contribution in [0.25, 0.3) is 0 Å². The molecule has 4 nitrogen and oxygen atoms in total. The lowest BCUT2D eigenvalue weighted by Crippen LogP contribution is -2.26. The second-order valence-corrected chi connectivity index (χ2v) is 4.78. The summed E-state index contributed by atoms with van der Waals surface area (Å²) in [7, 11) is 1.46. The Morgan fingerprint density at radius 3 is 2.47 bits per heavy atom. The molecule has 17 heavy (non-hydrogen) atoms. The number of aromatic hydroxyl groups is 1. The number of phenolic OH excluding ortho intramolecular Hbond substituents is 1. The van der Waals surface area contributed by atoms with E-state index in [1.807, 2.05) is 6.92 Å². The first-order valence-corrected chi connectivity index (χ1v) is 5.38. The second-order valence-electron chi connectivity index (χ2n) is 4.78. The molecule has 0 aliphatic carbocycles. The van der Waals surface area contributed by atoms with Gasteiger partial charge in [0.2, 0.25) is 0 Å². The molecule has 0 bridgehead atoms. The van der Waals surface area contributed by atoms with Crippen molar-refractivity contribution in [2.24, 2.45) is 5.41 Å². The maximum Gasteiger partial charge on any atom is 0.309 e. The van der Waals surface area contributed by atoms with Crippen LogP contribution in [0.5, 0.6) is 11.5 Å². The Labute approximate surface area is 101 Å². The predicted octanol–water partition coefficient (Wildman–Crippen LogP) is 2.36. The minimum Gasteiger partial charge on any atom is -0.504 e. The van der Waals surface area contributed by atoms with E-state index in [1.54, 1.807) is 26.0 Å². The van der Waals surface area contributed by atoms with Gasteiger partial charge >= 0.3 is 5.97 Å². The number of carboxylic acid groups (broad SMARTS) is 1. The monoisotopic (exact) mass is 238 g/mol. The van der Waals surface area contributed by atoms with Crippen molar-refractivity contribution in [1.29, 1.82) is 0 Å². The van der Waals surface area contributed by atoms with Crippen LogP contribution in [0.2, 0.25) is 0 Å². The predicted molar refractivity (Wildman–Crippen MR) is 64.5 cm³/mol. The zero-order valence-corrected chi connectivity index (χ0v) is 10.6. The highest BCUT2D eigenvalue weighted by atomic mass is 16.5. The number of rotatable bonds is 4. The molecular formula is C13H18O4. The van der Waals surface area contributed by atoms with Crippen LogP contribution in [0, 0.1) is 12.3 Å². The molecule has 0 saturated heterocycles. The highest BCUT2D eigenvalue weighted by Crippen LogP contribution is 2.36. The number of hydrogen-bond donors (Lipinski definition) is 2. The summed E-state index contributed by atoms with van der Waals surface area (Å²) < 4.78 is 5.14. The van der Waals surface area contributed by atoms with E-state index < -0.39 is 11.4 Å². The van der Waals surface area contributed by atoms with Gasteiger partial charge < -0.3 is 14.9 Å². The van der Waals surface area contributed by atoms with Crippen molar-refractivity contribution in [1.82, 2.24) is 0 Å². The van der Waals surface area contributed by atoms with Crippen molar-refractivity contribution in [2.45, 2.75) is 27.2 Å². The van der Waals surface area contributed by atoms with Gasteiger partial charge in [-0.2, -0.15) is 0 Å². The molecule has 2 N–H and O–H groups in total. The molecular weight excluding hydrogens is 220 g/mol. The number of hydrogen-bond acceptors (Lipinski definition) is 3. The van der Waals surface area contributed by atoms with E-state index in [-0.39, 0.29) is 5.75 Å². The van der Waals surface area contributed by atoms with Crippen LogP contribution in [0.4, 0.5) is 0 Å². The Morgan fingerprint density at radius 2 is 2.00 bits per heavy atom. The van der Waals surface area contributed by atoms with Gasteiger partial charge in [0.05, 0.1) is 12.5 Å². The van der Waals surface area contributed by atoms with Crippen molar-refractivity contribution in [3.05, 3.63) is 23.3 Å². The largest absolute Gasteiger partial charge is 0.504 e. The van der Waals surface area contributed by atoms with Gasteiger partial charge in [0, 0.05) is 5.56 Å². The second kappa shape index (κ2) is 4.65. The van der Waals surface area contributed by atoms with E-state index in [2.05, 4.69) is 0 Å². The maximum absolute atomic E-state index is 11.1. The Kier molecular flexibility index (Phi) is 3.66. The summed E-state index contributed by atoms with van der Waals surface area (Å²) in [5.74, 6) is -0.476. The normalized spacial score (nSPS) is 11.3. The molecule has 1 aromatic rings. The summed E-state index contributed by atoms with van der Waals surface area (Å²) in [5.41, 5.74) is 0.750. The van der Waals surface area contributed by atoms with Crippen LogP contribution in [0.1, 0.15) is 25.0 Å². The van der Waals surface area contributed by atoms with E-state index in [4.69, 9.17) is 9.84 Å². The average molecular weight is 238 g/mol. The molecule has 1 aromatic carbocycles. The first-order chi connectivity index (χ1) is 7.79. The Hall–Kier alpha value is -1.71. The highest BCUT2D eigenvalue weighted by Gasteiger charge is 2.30. The molecule has 0 aliphatic heterocycles. The van der Waals surface area contributed by atoms with E-state index in [9.17, 15) is 9.90 Å². The van der Waals surface area contributed by atoms with Gasteiger partial charge in [0.25, 0.3) is 0 Å². The van der Waals surface area contributed by atoms with E-state index in [0.29, 0.717) is 12.2 Å². The van der Waals surface area contributed by atoms with Crippen LogP contribution in [-0.4, -0.2) is 23.3 Å². The van der Waals surface area contributed by atoms with Crippen LogP contribution in [0.15, 0.2) is 12.1 Å². The van der Waals surface area contributed by atoms with Crippen LogP contribution in [0.3, 0.4) is 0 Å². The van der Waals surface area contributed by atoms with Gasteiger partial charge in [0.1, 0.15) is 0 Å². The first-order valence-electron chi connectivity index (χ1n) is 5.38. The van der Waals surface area contributed by atoms with Crippen LogP contribution < -0.4 is 4.74 Å². The number of carboxylic acids is 1. The Bertz CT molecular complexity index is 435. The summed E-state index contributed by atoms with van der Waals surface area (Å²) in [6, 6.07) is 3.30. The number of aliphatic carboxylic acids is 1. The maximum atomic E-state index is 11.1. The lowest BCUT2D eigenvalue weighted by Gasteiger charge is -2.22. The third-order valence-electron chi connectivity index (χ3n) is 2.88. The number of ether oxygens (including phenoxy) is 1. The van der Waals surface area contributed by atoms with Crippen molar-refractivity contribution in [3.63, 3.8) is 0 Å². The Morgan fingerprint density at radius 1 is 1.41 bits per heavy atom. The van der Waals surface area contributed by atoms with Gasteiger partial charge in [-0.25, -0.2) is 0 Å². The van der Waals surface area contributed by atoms with Gasteiger partial charge in [-0.15, -0.1) is 0 Å². The molecule has 0 aliphatic rings. The smallest absolute Gasteiger partial charge is 0.309 e. The number of benzene rings is 1. The van der Waals surface area contributed by atoms with Crippen LogP contribution >= 0.6 is 0 Å².